The third-order valence-electron chi connectivity index (χ3n) is 10.7. The number of rotatable bonds is 11. The van der Waals surface area contributed by atoms with Crippen molar-refractivity contribution in [2.24, 2.45) is 5.92 Å². The van der Waals surface area contributed by atoms with E-state index >= 15 is 0 Å². The maximum atomic E-state index is 13.1. The molecular formula is C43H40N12O2S. The number of sulfone groups is 1. The number of aromatic nitrogens is 10. The van der Waals surface area contributed by atoms with Crippen LogP contribution in [0.5, 0.6) is 0 Å². The van der Waals surface area contributed by atoms with Crippen LogP contribution in [0.1, 0.15) is 61.7 Å². The van der Waals surface area contributed by atoms with Crippen LogP contribution in [0.3, 0.4) is 0 Å². The molecule has 0 bridgehead atoms. The van der Waals surface area contributed by atoms with Gasteiger partial charge in [0.1, 0.15) is 23.9 Å². The molecule has 6 aromatic heterocycles. The first-order valence-electron chi connectivity index (χ1n) is 19.2. The Balaban J connectivity index is 0.000000176. The van der Waals surface area contributed by atoms with E-state index in [0.717, 1.165) is 75.8 Å². The number of aryl methyl sites for hydroxylation is 1. The summed E-state index contributed by atoms with van der Waals surface area (Å²) in [5.41, 5.74) is 6.71. The summed E-state index contributed by atoms with van der Waals surface area (Å²) in [6.45, 7) is 0. The maximum absolute atomic E-state index is 13.1. The normalized spacial score (nSPS) is 16.0. The van der Waals surface area contributed by atoms with Crippen molar-refractivity contribution in [1.29, 1.82) is 10.5 Å². The van der Waals surface area contributed by atoms with Crippen molar-refractivity contribution < 1.29 is 8.42 Å². The number of nitriles is 2. The first-order valence-corrected chi connectivity index (χ1v) is 20.8. The predicted octanol–water partition coefficient (Wildman–Crippen LogP) is 7.81. The third kappa shape index (κ3) is 8.26. The number of hydrogen-bond donors (Lipinski definition) is 2. The van der Waals surface area contributed by atoms with E-state index in [1.54, 1.807) is 41.6 Å². The highest BCUT2D eigenvalue weighted by atomic mass is 32.2. The van der Waals surface area contributed by atoms with Crippen LogP contribution in [0.25, 0.3) is 44.6 Å². The molecule has 290 valence electrons. The highest BCUT2D eigenvalue weighted by molar-refractivity contribution is 7.91. The lowest BCUT2D eigenvalue weighted by molar-refractivity contribution is 0.263. The molecule has 1 unspecified atom stereocenters. The van der Waals surface area contributed by atoms with E-state index < -0.39 is 15.9 Å². The highest BCUT2D eigenvalue weighted by Gasteiger charge is 2.24. The minimum atomic E-state index is -3.50. The zero-order chi connectivity index (χ0) is 39.9. The Morgan fingerprint density at radius 1 is 0.759 bits per heavy atom. The van der Waals surface area contributed by atoms with Crippen molar-refractivity contribution in [3.8, 4) is 34.7 Å². The Bertz CT molecular complexity index is 2840. The van der Waals surface area contributed by atoms with Gasteiger partial charge >= 0.3 is 0 Å². The molecule has 0 saturated heterocycles. The number of aromatic amines is 2. The highest BCUT2D eigenvalue weighted by Crippen LogP contribution is 2.35. The van der Waals surface area contributed by atoms with Gasteiger partial charge in [-0.2, -0.15) is 20.7 Å². The van der Waals surface area contributed by atoms with Crippen LogP contribution in [-0.4, -0.2) is 63.6 Å². The fourth-order valence-corrected chi connectivity index (χ4v) is 8.96. The van der Waals surface area contributed by atoms with Gasteiger partial charge in [-0.25, -0.2) is 28.4 Å². The molecule has 0 aliphatic heterocycles. The average molecular weight is 789 g/mol. The number of benzene rings is 2. The van der Waals surface area contributed by atoms with Gasteiger partial charge in [-0.15, -0.1) is 0 Å². The van der Waals surface area contributed by atoms with E-state index in [9.17, 15) is 13.7 Å². The quantitative estimate of drug-likeness (QED) is 0.130. The summed E-state index contributed by atoms with van der Waals surface area (Å²) in [6.07, 6.45) is 19.9. The van der Waals surface area contributed by atoms with Crippen molar-refractivity contribution in [3.05, 3.63) is 128 Å². The molecule has 9 rings (SSSR count). The van der Waals surface area contributed by atoms with Gasteiger partial charge in [0.05, 0.1) is 65.1 Å². The van der Waals surface area contributed by atoms with E-state index in [2.05, 4.69) is 63.1 Å². The fraction of sp³-hybridized carbons (Fsp3) is 0.256. The minimum Gasteiger partial charge on any atom is -0.346 e. The molecule has 8 aromatic rings. The summed E-state index contributed by atoms with van der Waals surface area (Å²) in [7, 11) is -3.50. The van der Waals surface area contributed by atoms with E-state index in [-0.39, 0.29) is 17.1 Å². The summed E-state index contributed by atoms with van der Waals surface area (Å²) in [6, 6.07) is 24.7. The van der Waals surface area contributed by atoms with Gasteiger partial charge < -0.3 is 9.97 Å². The Morgan fingerprint density at radius 2 is 1.43 bits per heavy atom. The second kappa shape index (κ2) is 17.0. The zero-order valence-electron chi connectivity index (χ0n) is 31.6. The lowest BCUT2D eigenvalue weighted by Gasteiger charge is -2.27. The molecular weight excluding hydrogens is 749 g/mol. The topological polar surface area (TPSA) is 200 Å². The van der Waals surface area contributed by atoms with Crippen molar-refractivity contribution in [2.45, 2.75) is 61.9 Å². The molecule has 15 heteroatoms. The number of hydrogen-bond acceptors (Lipinski definition) is 10. The molecule has 1 saturated carbocycles. The summed E-state index contributed by atoms with van der Waals surface area (Å²) < 4.78 is 29.9. The molecule has 0 spiro atoms. The van der Waals surface area contributed by atoms with Gasteiger partial charge in [0.25, 0.3) is 0 Å². The molecule has 2 N–H and O–H groups in total. The summed E-state index contributed by atoms with van der Waals surface area (Å²) >= 11 is 0. The molecule has 2 aromatic carbocycles. The number of H-pyrrole nitrogens is 2. The minimum absolute atomic E-state index is 0.00960. The first-order chi connectivity index (χ1) is 28.4. The second-order valence-electron chi connectivity index (χ2n) is 14.4. The van der Waals surface area contributed by atoms with E-state index in [4.69, 9.17) is 5.26 Å². The molecule has 1 atom stereocenters. The number of nitrogens with zero attached hydrogens (tertiary/aromatic N) is 10. The van der Waals surface area contributed by atoms with Crippen molar-refractivity contribution in [2.75, 3.05) is 5.75 Å². The van der Waals surface area contributed by atoms with Crippen molar-refractivity contribution in [1.82, 2.24) is 49.5 Å². The molecule has 0 radical (unpaired) electrons. The first kappa shape index (κ1) is 37.9. The standard InChI is InChI=1S/C26H22N6O2S.C17H18N6/c27-12-9-24(32-17-21(16-31-32)25-23-10-13-28-26(23)30-18-29-25)20-7-4-8-22(15-20)35(33,34)14-11-19-5-2-1-3-6-19;18-7-5-12-1-3-14(4-2-12)23-10-13(9-22-23)16-15-6-8-19-17(15)21-11-20-16/h1-8,10,13,15-18,24H,9,11,14H2,(H,28,29,30);6,8-12,14H,1-5H2,(H,19,20,21)/t;12-,14+. The van der Waals surface area contributed by atoms with E-state index in [1.165, 1.54) is 6.33 Å². The molecule has 1 fully saturated rings. The Labute approximate surface area is 335 Å². The molecule has 0 amide bonds. The van der Waals surface area contributed by atoms with Crippen LogP contribution in [0.2, 0.25) is 0 Å². The SMILES string of the molecule is N#CCC(c1cccc(S(=O)(=O)CCc2ccccc2)c1)n1cc(-c2ncnc3[nH]ccc23)cn1.N#CC[C@H]1CC[C@@H](n2cc(-c3ncnc4[nH]ccc34)cn2)CC1. The lowest BCUT2D eigenvalue weighted by atomic mass is 9.84. The van der Waals surface area contributed by atoms with Gasteiger partial charge in [0.2, 0.25) is 0 Å². The second-order valence-corrected chi connectivity index (χ2v) is 16.5. The summed E-state index contributed by atoms with van der Waals surface area (Å²) in [5, 5.41) is 29.3. The van der Waals surface area contributed by atoms with Crippen LogP contribution in [0.15, 0.2) is 121 Å². The third-order valence-corrected chi connectivity index (χ3v) is 12.5. The van der Waals surface area contributed by atoms with Gasteiger partial charge in [-0.1, -0.05) is 42.5 Å². The van der Waals surface area contributed by atoms with E-state index in [0.29, 0.717) is 30.4 Å². The van der Waals surface area contributed by atoms with Gasteiger partial charge in [-0.3, -0.25) is 9.36 Å². The monoisotopic (exact) mass is 788 g/mol. The van der Waals surface area contributed by atoms with Crippen molar-refractivity contribution >= 4 is 31.9 Å². The molecule has 58 heavy (non-hydrogen) atoms. The van der Waals surface area contributed by atoms with Crippen LogP contribution in [0.4, 0.5) is 0 Å². The van der Waals surface area contributed by atoms with Gasteiger partial charge in [0.15, 0.2) is 9.84 Å². The van der Waals surface area contributed by atoms with E-state index in [1.807, 2.05) is 67.1 Å². The van der Waals surface area contributed by atoms with Crippen molar-refractivity contribution in [3.63, 3.8) is 0 Å². The van der Waals surface area contributed by atoms with Gasteiger partial charge in [-0.05, 0) is 73.4 Å². The van der Waals surface area contributed by atoms with Crippen LogP contribution in [-0.2, 0) is 16.3 Å². The average Bonchev–Trinajstić information content (AvgIpc) is 4.11. The predicted molar refractivity (Wildman–Crippen MR) is 218 cm³/mol. The molecule has 6 heterocycles. The Morgan fingerprint density at radius 3 is 2.10 bits per heavy atom. The van der Waals surface area contributed by atoms with Crippen LogP contribution < -0.4 is 0 Å². The number of fused-ring (bicyclic) bond motifs is 2. The Hall–Kier alpha value is -6.97. The molecule has 1 aliphatic rings. The largest absolute Gasteiger partial charge is 0.346 e. The summed E-state index contributed by atoms with van der Waals surface area (Å²) in [4.78, 5) is 23.7. The van der Waals surface area contributed by atoms with Crippen LogP contribution >= 0.6 is 0 Å². The number of nitrogens with one attached hydrogen (secondary N) is 2. The molecule has 1 aliphatic carbocycles. The smallest absolute Gasteiger partial charge is 0.178 e. The van der Waals surface area contributed by atoms with Gasteiger partial charge in [0, 0.05) is 53.1 Å². The maximum Gasteiger partial charge on any atom is 0.178 e. The summed E-state index contributed by atoms with van der Waals surface area (Å²) in [5.74, 6) is 0.572. The van der Waals surface area contributed by atoms with Crippen LogP contribution in [0, 0.1) is 28.6 Å². The Kier molecular flexibility index (Phi) is 11.1. The zero-order valence-corrected chi connectivity index (χ0v) is 32.4. The lowest BCUT2D eigenvalue weighted by Crippen LogP contribution is -2.18. The fourth-order valence-electron chi connectivity index (χ4n) is 7.62. The molecule has 14 nitrogen and oxygen atoms in total.